The average molecular weight is 352 g/mol. The van der Waals surface area contributed by atoms with Gasteiger partial charge in [0.25, 0.3) is 0 Å². The van der Waals surface area contributed by atoms with Gasteiger partial charge in [-0.3, -0.25) is 0 Å². The van der Waals surface area contributed by atoms with Crippen molar-refractivity contribution < 1.29 is 19.4 Å². The topological polar surface area (TPSA) is 79.6 Å². The highest BCUT2D eigenvalue weighted by molar-refractivity contribution is 6.32. The summed E-state index contributed by atoms with van der Waals surface area (Å²) in [6.07, 6.45) is -1.21. The Labute approximate surface area is 142 Å². The minimum Gasteiger partial charge on any atom is -0.508 e. The quantitative estimate of drug-likeness (QED) is 0.845. The first kappa shape index (κ1) is 16.9. The smallest absolute Gasteiger partial charge is 0.351 e. The summed E-state index contributed by atoms with van der Waals surface area (Å²) in [5.74, 6) is -0.957. The molecule has 7 heteroatoms. The van der Waals surface area contributed by atoms with Crippen molar-refractivity contribution in [2.45, 2.75) is 6.10 Å². The van der Waals surface area contributed by atoms with Crippen LogP contribution < -0.4 is 4.74 Å². The van der Waals surface area contributed by atoms with Crippen molar-refractivity contribution in [1.82, 2.24) is 0 Å². The minimum atomic E-state index is -1.21. The summed E-state index contributed by atoms with van der Waals surface area (Å²) in [5, 5.41) is 19.1. The van der Waals surface area contributed by atoms with Crippen molar-refractivity contribution in [3.63, 3.8) is 0 Å². The van der Waals surface area contributed by atoms with Gasteiger partial charge in [0.15, 0.2) is 0 Å². The second-order valence-corrected chi connectivity index (χ2v) is 5.27. The van der Waals surface area contributed by atoms with Crippen LogP contribution in [-0.4, -0.2) is 18.2 Å². The van der Waals surface area contributed by atoms with Crippen LogP contribution in [0.5, 0.6) is 11.5 Å². The molecule has 2 aromatic rings. The Kier molecular flexibility index (Phi) is 5.32. The number of hydrogen-bond donors (Lipinski definition) is 1. The van der Waals surface area contributed by atoms with Gasteiger partial charge in [-0.2, -0.15) is 5.26 Å². The third-order valence-electron chi connectivity index (χ3n) is 3.00. The summed E-state index contributed by atoms with van der Waals surface area (Å²) in [7, 11) is 1.20. The first-order valence-electron chi connectivity index (χ1n) is 6.39. The van der Waals surface area contributed by atoms with E-state index in [2.05, 4.69) is 0 Å². The van der Waals surface area contributed by atoms with Gasteiger partial charge < -0.3 is 14.6 Å². The number of aromatic hydroxyl groups is 1. The van der Waals surface area contributed by atoms with Crippen LogP contribution in [0.1, 0.15) is 17.2 Å². The van der Waals surface area contributed by atoms with Crippen molar-refractivity contribution in [3.05, 3.63) is 57.6 Å². The third-order valence-corrected chi connectivity index (χ3v) is 3.64. The fraction of sp³-hybridized carbons (Fsp3) is 0.125. The number of methoxy groups -OCH3 is 1. The van der Waals surface area contributed by atoms with Gasteiger partial charge in [0.05, 0.1) is 12.1 Å². The van der Waals surface area contributed by atoms with Gasteiger partial charge in [0, 0.05) is 22.7 Å². The molecule has 0 aliphatic rings. The van der Waals surface area contributed by atoms with Crippen LogP contribution in [0.2, 0.25) is 10.0 Å². The zero-order chi connectivity index (χ0) is 17.0. The van der Waals surface area contributed by atoms with Gasteiger partial charge in [-0.1, -0.05) is 41.4 Å². The van der Waals surface area contributed by atoms with Crippen LogP contribution in [0.15, 0.2) is 36.4 Å². The lowest BCUT2D eigenvalue weighted by Crippen LogP contribution is -2.21. The number of esters is 1. The molecule has 2 aromatic carbocycles. The Morgan fingerprint density at radius 2 is 1.96 bits per heavy atom. The predicted octanol–water partition coefficient (Wildman–Crippen LogP) is 3.86. The maximum atomic E-state index is 12.1. The number of hydrogen-bond acceptors (Lipinski definition) is 5. The maximum Gasteiger partial charge on any atom is 0.351 e. The molecule has 0 aromatic heterocycles. The molecular formula is C16H11Cl2NO4. The highest BCUT2D eigenvalue weighted by atomic mass is 35.5. The van der Waals surface area contributed by atoms with E-state index >= 15 is 0 Å². The molecule has 0 bridgehead atoms. The molecule has 1 unspecified atom stereocenters. The first-order valence-corrected chi connectivity index (χ1v) is 7.15. The molecular weight excluding hydrogens is 341 g/mol. The van der Waals surface area contributed by atoms with E-state index in [0.717, 1.165) is 0 Å². The van der Waals surface area contributed by atoms with Crippen LogP contribution in [-0.2, 0) is 9.53 Å². The van der Waals surface area contributed by atoms with E-state index in [1.807, 2.05) is 6.07 Å². The third kappa shape index (κ3) is 3.67. The van der Waals surface area contributed by atoms with Crippen LogP contribution >= 0.6 is 23.2 Å². The van der Waals surface area contributed by atoms with Gasteiger partial charge in [-0.25, -0.2) is 4.79 Å². The highest BCUT2D eigenvalue weighted by Gasteiger charge is 2.27. The van der Waals surface area contributed by atoms with Crippen LogP contribution in [0.25, 0.3) is 0 Å². The van der Waals surface area contributed by atoms with Crippen molar-refractivity contribution in [3.8, 4) is 17.6 Å². The van der Waals surface area contributed by atoms with E-state index in [4.69, 9.17) is 32.7 Å². The molecule has 23 heavy (non-hydrogen) atoms. The van der Waals surface area contributed by atoms with E-state index in [9.17, 15) is 15.2 Å². The molecule has 0 amide bonds. The molecule has 0 fully saturated rings. The van der Waals surface area contributed by atoms with E-state index in [-0.39, 0.29) is 22.1 Å². The monoisotopic (exact) mass is 351 g/mol. The summed E-state index contributed by atoms with van der Waals surface area (Å²) in [4.78, 5) is 12.1. The highest BCUT2D eigenvalue weighted by Crippen LogP contribution is 2.35. The van der Waals surface area contributed by atoms with Gasteiger partial charge >= 0.3 is 5.97 Å². The van der Waals surface area contributed by atoms with E-state index in [0.29, 0.717) is 10.6 Å². The number of phenolic OH excluding ortho intramolecular Hbond substituents is 1. The zero-order valence-corrected chi connectivity index (χ0v) is 13.4. The summed E-state index contributed by atoms with van der Waals surface area (Å²) in [5.41, 5.74) is 0.356. The van der Waals surface area contributed by atoms with Crippen LogP contribution in [0.4, 0.5) is 0 Å². The molecule has 5 nitrogen and oxygen atoms in total. The number of nitrogens with zero attached hydrogens (tertiary/aromatic N) is 1. The second kappa shape index (κ2) is 7.23. The largest absolute Gasteiger partial charge is 0.508 e. The van der Waals surface area contributed by atoms with Crippen molar-refractivity contribution in [2.24, 2.45) is 0 Å². The Balaban J connectivity index is 2.51. The molecule has 0 aliphatic heterocycles. The van der Waals surface area contributed by atoms with E-state index in [1.165, 1.54) is 19.2 Å². The zero-order valence-electron chi connectivity index (χ0n) is 11.9. The first-order chi connectivity index (χ1) is 11.0. The molecule has 0 spiro atoms. The summed E-state index contributed by atoms with van der Waals surface area (Å²) in [6.45, 7) is 0. The Morgan fingerprint density at radius 1 is 1.26 bits per heavy atom. The molecule has 0 saturated heterocycles. The van der Waals surface area contributed by atoms with Gasteiger partial charge in [0.1, 0.15) is 23.1 Å². The average Bonchev–Trinajstić information content (AvgIpc) is 2.52. The fourth-order valence-electron chi connectivity index (χ4n) is 1.93. The fourth-order valence-corrected chi connectivity index (χ4v) is 2.41. The molecule has 118 valence electrons. The van der Waals surface area contributed by atoms with E-state index < -0.39 is 12.1 Å². The number of phenols is 1. The van der Waals surface area contributed by atoms with E-state index in [1.54, 1.807) is 24.3 Å². The molecule has 0 saturated carbocycles. The number of ether oxygens (including phenoxy) is 2. The van der Waals surface area contributed by atoms with Crippen molar-refractivity contribution in [2.75, 3.05) is 7.11 Å². The SMILES string of the molecule is COC(=O)C(Oc1cc(O)cc(Cl)c1C#N)c1ccccc1Cl. The van der Waals surface area contributed by atoms with Gasteiger partial charge in [0.2, 0.25) is 6.10 Å². The van der Waals surface area contributed by atoms with Crippen LogP contribution in [0.3, 0.4) is 0 Å². The molecule has 0 aliphatic carbocycles. The summed E-state index contributed by atoms with van der Waals surface area (Å²) < 4.78 is 10.3. The van der Waals surface area contributed by atoms with Crippen molar-refractivity contribution >= 4 is 29.2 Å². The van der Waals surface area contributed by atoms with Crippen molar-refractivity contribution in [1.29, 1.82) is 5.26 Å². The molecule has 2 rings (SSSR count). The molecule has 1 N–H and O–H groups in total. The predicted molar refractivity (Wildman–Crippen MR) is 84.7 cm³/mol. The number of nitriles is 1. The van der Waals surface area contributed by atoms with Gasteiger partial charge in [-0.15, -0.1) is 0 Å². The van der Waals surface area contributed by atoms with Gasteiger partial charge in [-0.05, 0) is 6.07 Å². The molecule has 1 atom stereocenters. The Morgan fingerprint density at radius 3 is 2.57 bits per heavy atom. The standard InChI is InChI=1S/C16H11Cl2NO4/c1-22-16(21)15(10-4-2-3-5-12(10)17)23-14-7-9(20)6-13(18)11(14)8-19/h2-7,15,20H,1H3. The maximum absolute atomic E-state index is 12.1. The Bertz CT molecular complexity index is 786. The minimum absolute atomic E-state index is 0.00488. The second-order valence-electron chi connectivity index (χ2n) is 4.46. The lowest BCUT2D eigenvalue weighted by molar-refractivity contribution is -0.149. The summed E-state index contributed by atoms with van der Waals surface area (Å²) >= 11 is 12.0. The number of carbonyl (C=O) groups excluding carboxylic acids is 1. The molecule has 0 radical (unpaired) electrons. The lowest BCUT2D eigenvalue weighted by Gasteiger charge is -2.19. The summed E-state index contributed by atoms with van der Waals surface area (Å²) in [6, 6.07) is 10.8. The molecule has 0 heterocycles. The normalized spacial score (nSPS) is 11.4. The lowest BCUT2D eigenvalue weighted by atomic mass is 10.1. The number of carbonyl (C=O) groups is 1. The Hall–Kier alpha value is -2.42. The number of rotatable bonds is 4. The number of halogens is 2. The number of benzene rings is 2. The van der Waals surface area contributed by atoms with Crippen LogP contribution in [0, 0.1) is 11.3 Å².